The third kappa shape index (κ3) is 5.03. The number of aliphatic hydroxyl groups is 1. The van der Waals surface area contributed by atoms with Crippen LogP contribution in [0, 0.1) is 5.82 Å². The Hall–Kier alpha value is -2.15. The van der Waals surface area contributed by atoms with Crippen LogP contribution in [0.5, 0.6) is 0 Å². The van der Waals surface area contributed by atoms with E-state index in [1.165, 1.54) is 4.90 Å². The summed E-state index contributed by atoms with van der Waals surface area (Å²) in [6.07, 6.45) is 0. The third-order valence-electron chi connectivity index (χ3n) is 2.70. The number of aromatic carboxylic acids is 1. The lowest BCUT2D eigenvalue weighted by Crippen LogP contribution is -2.44. The molecular formula is C14H19FN2O4. The summed E-state index contributed by atoms with van der Waals surface area (Å²) < 4.78 is 13.2. The minimum Gasteiger partial charge on any atom is -0.478 e. The predicted octanol–water partition coefficient (Wildman–Crippen LogP) is 2.15. The third-order valence-corrected chi connectivity index (χ3v) is 2.70. The van der Waals surface area contributed by atoms with Crippen LogP contribution in [-0.2, 0) is 0 Å². The van der Waals surface area contributed by atoms with Crippen molar-refractivity contribution >= 4 is 17.7 Å². The maximum absolute atomic E-state index is 13.2. The summed E-state index contributed by atoms with van der Waals surface area (Å²) in [6.45, 7) is 5.19. The molecule has 1 aromatic rings. The molecule has 0 unspecified atom stereocenters. The second-order valence-electron chi connectivity index (χ2n) is 5.25. The number of hydrogen-bond donors (Lipinski definition) is 3. The number of carboxylic acids is 1. The lowest BCUT2D eigenvalue weighted by molar-refractivity contribution is 0.0500. The molecule has 1 aromatic carbocycles. The molecule has 116 valence electrons. The molecule has 3 N–H and O–H groups in total. The molecule has 0 fully saturated rings. The molecule has 0 radical (unpaired) electrons. The van der Waals surface area contributed by atoms with E-state index in [2.05, 4.69) is 5.32 Å². The Labute approximate surface area is 122 Å². The molecule has 0 saturated heterocycles. The van der Waals surface area contributed by atoms with Gasteiger partial charge in [-0.15, -0.1) is 0 Å². The van der Waals surface area contributed by atoms with Crippen LogP contribution in [-0.4, -0.2) is 45.8 Å². The van der Waals surface area contributed by atoms with Crippen molar-refractivity contribution in [1.29, 1.82) is 0 Å². The molecular weight excluding hydrogens is 279 g/mol. The van der Waals surface area contributed by atoms with Crippen molar-refractivity contribution in [2.75, 3.05) is 18.4 Å². The van der Waals surface area contributed by atoms with Gasteiger partial charge >= 0.3 is 12.0 Å². The molecule has 0 bridgehead atoms. The first kappa shape index (κ1) is 16.9. The first-order valence-corrected chi connectivity index (χ1v) is 6.45. The van der Waals surface area contributed by atoms with Gasteiger partial charge < -0.3 is 20.4 Å². The fraction of sp³-hybridized carbons (Fsp3) is 0.429. The van der Waals surface area contributed by atoms with Gasteiger partial charge in [0.05, 0.1) is 23.4 Å². The first-order valence-electron chi connectivity index (χ1n) is 6.45. The number of halogens is 1. The van der Waals surface area contributed by atoms with Crippen molar-refractivity contribution in [3.63, 3.8) is 0 Å². The quantitative estimate of drug-likeness (QED) is 0.777. The summed E-state index contributed by atoms with van der Waals surface area (Å²) in [5, 5.41) is 21.1. The summed E-state index contributed by atoms with van der Waals surface area (Å²) in [6, 6.07) is 2.43. The Kier molecular flexibility index (Phi) is 5.26. The summed E-state index contributed by atoms with van der Waals surface area (Å²) >= 11 is 0. The average Bonchev–Trinajstić information content (AvgIpc) is 2.34. The molecule has 0 aromatic heterocycles. The van der Waals surface area contributed by atoms with Crippen LogP contribution in [0.25, 0.3) is 0 Å². The van der Waals surface area contributed by atoms with Crippen LogP contribution >= 0.6 is 0 Å². The van der Waals surface area contributed by atoms with Gasteiger partial charge in [0.25, 0.3) is 0 Å². The van der Waals surface area contributed by atoms with Crippen molar-refractivity contribution in [3.8, 4) is 0 Å². The van der Waals surface area contributed by atoms with Gasteiger partial charge in [-0.1, -0.05) is 0 Å². The number of carbonyl (C=O) groups excluding carboxylic acids is 1. The maximum Gasteiger partial charge on any atom is 0.337 e. The molecule has 7 heteroatoms. The van der Waals surface area contributed by atoms with E-state index in [9.17, 15) is 19.1 Å². The molecule has 21 heavy (non-hydrogen) atoms. The zero-order valence-electron chi connectivity index (χ0n) is 12.2. The van der Waals surface area contributed by atoms with E-state index in [1.807, 2.05) is 0 Å². The van der Waals surface area contributed by atoms with Crippen LogP contribution in [0.2, 0.25) is 0 Å². The number of rotatable bonds is 5. The number of nitrogens with one attached hydrogen (secondary N) is 1. The fourth-order valence-electron chi connectivity index (χ4n) is 1.79. The van der Waals surface area contributed by atoms with E-state index in [4.69, 9.17) is 5.11 Å². The predicted molar refractivity (Wildman–Crippen MR) is 75.9 cm³/mol. The highest BCUT2D eigenvalue weighted by molar-refractivity contribution is 6.00. The van der Waals surface area contributed by atoms with Gasteiger partial charge in [-0.2, -0.15) is 0 Å². The molecule has 6 nitrogen and oxygen atoms in total. The Morgan fingerprint density at radius 1 is 1.38 bits per heavy atom. The Morgan fingerprint density at radius 2 is 2.00 bits per heavy atom. The number of nitrogens with zero attached hydrogens (tertiary/aromatic N) is 1. The molecule has 0 atom stereocenters. The van der Waals surface area contributed by atoms with E-state index in [0.29, 0.717) is 6.54 Å². The highest BCUT2D eigenvalue weighted by atomic mass is 19.1. The molecule has 1 rings (SSSR count). The van der Waals surface area contributed by atoms with Crippen LogP contribution in [0.15, 0.2) is 18.2 Å². The normalized spacial score (nSPS) is 11.1. The number of carboxylic acid groups (broad SMARTS) is 1. The second kappa shape index (κ2) is 6.53. The number of urea groups is 1. The summed E-state index contributed by atoms with van der Waals surface area (Å²) in [5.74, 6) is -1.92. The van der Waals surface area contributed by atoms with Crippen molar-refractivity contribution in [1.82, 2.24) is 4.90 Å². The van der Waals surface area contributed by atoms with Gasteiger partial charge in [-0.05, 0) is 39.0 Å². The van der Waals surface area contributed by atoms with Crippen LogP contribution in [0.4, 0.5) is 14.9 Å². The smallest absolute Gasteiger partial charge is 0.337 e. The van der Waals surface area contributed by atoms with E-state index in [1.54, 1.807) is 20.8 Å². The lowest BCUT2D eigenvalue weighted by atomic mass is 10.1. The molecule has 0 aliphatic heterocycles. The monoisotopic (exact) mass is 298 g/mol. The van der Waals surface area contributed by atoms with Gasteiger partial charge in [-0.25, -0.2) is 14.0 Å². The van der Waals surface area contributed by atoms with Crippen LogP contribution in [0.3, 0.4) is 0 Å². The van der Waals surface area contributed by atoms with Crippen LogP contribution in [0.1, 0.15) is 31.1 Å². The Balaban J connectivity index is 2.96. The Morgan fingerprint density at radius 3 is 2.48 bits per heavy atom. The van der Waals surface area contributed by atoms with E-state index in [0.717, 1.165) is 18.2 Å². The van der Waals surface area contributed by atoms with Gasteiger partial charge in [0.15, 0.2) is 0 Å². The number of anilines is 1. The van der Waals surface area contributed by atoms with Gasteiger partial charge in [0.2, 0.25) is 0 Å². The number of likely N-dealkylation sites (N-methyl/N-ethyl adjacent to an activating group) is 1. The number of hydrogen-bond acceptors (Lipinski definition) is 3. The average molecular weight is 298 g/mol. The van der Waals surface area contributed by atoms with Gasteiger partial charge in [0, 0.05) is 6.54 Å². The molecule has 0 aliphatic carbocycles. The van der Waals surface area contributed by atoms with Crippen molar-refractivity contribution in [3.05, 3.63) is 29.6 Å². The molecule has 0 spiro atoms. The molecule has 0 aliphatic rings. The second-order valence-corrected chi connectivity index (χ2v) is 5.25. The zero-order valence-corrected chi connectivity index (χ0v) is 12.2. The minimum atomic E-state index is -1.27. The van der Waals surface area contributed by atoms with E-state index in [-0.39, 0.29) is 17.8 Å². The van der Waals surface area contributed by atoms with Gasteiger partial charge in [0.1, 0.15) is 5.82 Å². The van der Waals surface area contributed by atoms with Gasteiger partial charge in [-0.3, -0.25) is 0 Å². The minimum absolute atomic E-state index is 0.0626. The number of carbonyl (C=O) groups is 2. The topological polar surface area (TPSA) is 89.9 Å². The summed E-state index contributed by atoms with van der Waals surface area (Å²) in [7, 11) is 0. The van der Waals surface area contributed by atoms with Crippen molar-refractivity contribution < 1.29 is 24.2 Å². The summed E-state index contributed by atoms with van der Waals surface area (Å²) in [5.41, 5.74) is -1.42. The number of amides is 2. The fourth-order valence-corrected chi connectivity index (χ4v) is 1.79. The zero-order chi connectivity index (χ0) is 16.2. The van der Waals surface area contributed by atoms with Crippen LogP contribution < -0.4 is 5.32 Å². The van der Waals surface area contributed by atoms with Crippen molar-refractivity contribution in [2.45, 2.75) is 26.4 Å². The standard InChI is InChI=1S/C14H19FN2O4/c1-4-17(8-14(2,3)21)13(20)16-11-7-9(15)5-6-10(11)12(18)19/h5-7,21H,4,8H2,1-3H3,(H,16,20)(H,18,19). The lowest BCUT2D eigenvalue weighted by Gasteiger charge is -2.28. The molecule has 0 heterocycles. The maximum atomic E-state index is 13.2. The highest BCUT2D eigenvalue weighted by Crippen LogP contribution is 2.18. The number of benzene rings is 1. The van der Waals surface area contributed by atoms with Crippen molar-refractivity contribution in [2.24, 2.45) is 0 Å². The largest absolute Gasteiger partial charge is 0.478 e. The van der Waals surface area contributed by atoms with E-state index >= 15 is 0 Å². The first-order chi connectivity index (χ1) is 9.64. The SMILES string of the molecule is CCN(CC(C)(C)O)C(=O)Nc1cc(F)ccc1C(=O)O. The molecule has 0 saturated carbocycles. The highest BCUT2D eigenvalue weighted by Gasteiger charge is 2.22. The summed E-state index contributed by atoms with van der Waals surface area (Å²) in [4.78, 5) is 24.5. The van der Waals surface area contributed by atoms with E-state index < -0.39 is 23.4 Å². The molecule has 2 amide bonds. The Bertz CT molecular complexity index is 540.